The van der Waals surface area contributed by atoms with Gasteiger partial charge in [0, 0.05) is 58.8 Å². The second-order valence-electron chi connectivity index (χ2n) is 4.67. The van der Waals surface area contributed by atoms with E-state index in [0.29, 0.717) is 0 Å². The molecule has 1 saturated heterocycles. The van der Waals surface area contributed by atoms with Crippen LogP contribution < -0.4 is 5.32 Å². The van der Waals surface area contributed by atoms with Gasteiger partial charge in [0.15, 0.2) is 0 Å². The van der Waals surface area contributed by atoms with Crippen LogP contribution >= 0.6 is 0 Å². The quantitative estimate of drug-likeness (QED) is 0.702. The first kappa shape index (κ1) is 14.3. The molecule has 1 aromatic rings. The van der Waals surface area contributed by atoms with Gasteiger partial charge in [-0.1, -0.05) is 0 Å². The Morgan fingerprint density at radius 1 is 1.37 bits per heavy atom. The smallest absolute Gasteiger partial charge is 0.202 e. The van der Waals surface area contributed by atoms with Crippen LogP contribution in [0.25, 0.3) is 0 Å². The Balaban J connectivity index is 1.72. The summed E-state index contributed by atoms with van der Waals surface area (Å²) in [6.45, 7) is 7.46. The van der Waals surface area contributed by atoms with E-state index in [4.69, 9.17) is 9.47 Å². The van der Waals surface area contributed by atoms with Crippen molar-refractivity contribution in [3.8, 4) is 0 Å². The summed E-state index contributed by atoms with van der Waals surface area (Å²) >= 11 is 0. The minimum absolute atomic E-state index is 0.779. The highest BCUT2D eigenvalue weighted by Crippen LogP contribution is 2.05. The zero-order chi connectivity index (χ0) is 13.3. The Bertz CT molecular complexity index is 350. The summed E-state index contributed by atoms with van der Waals surface area (Å²) < 4.78 is 12.6. The van der Waals surface area contributed by atoms with E-state index in [0.717, 1.165) is 64.9 Å². The van der Waals surface area contributed by atoms with Gasteiger partial charge in [-0.2, -0.15) is 0 Å². The van der Waals surface area contributed by atoms with Gasteiger partial charge in [-0.05, 0) is 6.42 Å². The van der Waals surface area contributed by atoms with Crippen LogP contribution in [0.4, 0.5) is 5.95 Å². The summed E-state index contributed by atoms with van der Waals surface area (Å²) in [5.41, 5.74) is 0. The van der Waals surface area contributed by atoms with Gasteiger partial charge >= 0.3 is 0 Å². The molecule has 6 heteroatoms. The van der Waals surface area contributed by atoms with Crippen LogP contribution in [-0.2, 0) is 16.0 Å². The molecule has 0 spiro atoms. The number of methoxy groups -OCH3 is 1. The minimum atomic E-state index is 0.779. The van der Waals surface area contributed by atoms with Crippen molar-refractivity contribution >= 4 is 5.95 Å². The first-order valence-corrected chi connectivity index (χ1v) is 6.94. The molecule has 0 aliphatic carbocycles. The van der Waals surface area contributed by atoms with Crippen molar-refractivity contribution in [3.05, 3.63) is 12.4 Å². The average Bonchev–Trinajstić information content (AvgIpc) is 2.90. The summed E-state index contributed by atoms with van der Waals surface area (Å²) in [5, 5.41) is 3.34. The Labute approximate surface area is 114 Å². The van der Waals surface area contributed by atoms with E-state index >= 15 is 0 Å². The molecule has 0 amide bonds. The topological polar surface area (TPSA) is 51.5 Å². The highest BCUT2D eigenvalue weighted by molar-refractivity contribution is 5.25. The van der Waals surface area contributed by atoms with E-state index in [1.165, 1.54) is 0 Å². The maximum absolute atomic E-state index is 5.35. The summed E-state index contributed by atoms with van der Waals surface area (Å²) in [6, 6.07) is 0. The number of morpholine rings is 1. The molecule has 0 aromatic carbocycles. The summed E-state index contributed by atoms with van der Waals surface area (Å²) in [7, 11) is 1.73. The lowest BCUT2D eigenvalue weighted by molar-refractivity contribution is 0.0364. The second kappa shape index (κ2) is 8.14. The maximum atomic E-state index is 5.35. The molecule has 6 nitrogen and oxygen atoms in total. The largest absolute Gasteiger partial charge is 0.385 e. The monoisotopic (exact) mass is 268 g/mol. The number of ether oxygens (including phenoxy) is 2. The summed E-state index contributed by atoms with van der Waals surface area (Å²) in [6.07, 6.45) is 4.86. The lowest BCUT2D eigenvalue weighted by atomic mass is 10.4. The highest BCUT2D eigenvalue weighted by Gasteiger charge is 2.10. The molecule has 1 aliphatic heterocycles. The van der Waals surface area contributed by atoms with Gasteiger partial charge in [-0.3, -0.25) is 4.90 Å². The number of hydrogen-bond donors (Lipinski definition) is 1. The molecule has 0 unspecified atom stereocenters. The third-order valence-electron chi connectivity index (χ3n) is 3.28. The van der Waals surface area contributed by atoms with E-state index in [1.807, 2.05) is 12.4 Å². The third kappa shape index (κ3) is 4.81. The molecule has 1 aromatic heterocycles. The van der Waals surface area contributed by atoms with Crippen LogP contribution in [0.5, 0.6) is 0 Å². The van der Waals surface area contributed by atoms with Crippen molar-refractivity contribution in [2.75, 3.05) is 58.4 Å². The van der Waals surface area contributed by atoms with Gasteiger partial charge in [0.05, 0.1) is 13.2 Å². The van der Waals surface area contributed by atoms with Crippen molar-refractivity contribution in [2.45, 2.75) is 13.0 Å². The first-order chi connectivity index (χ1) is 9.40. The van der Waals surface area contributed by atoms with E-state index in [9.17, 15) is 0 Å². The lowest BCUT2D eigenvalue weighted by Gasteiger charge is -2.26. The van der Waals surface area contributed by atoms with Crippen molar-refractivity contribution in [1.29, 1.82) is 0 Å². The number of nitrogens with one attached hydrogen (secondary N) is 1. The van der Waals surface area contributed by atoms with Crippen molar-refractivity contribution in [2.24, 2.45) is 0 Å². The molecule has 1 N–H and O–H groups in total. The van der Waals surface area contributed by atoms with Gasteiger partial charge in [-0.15, -0.1) is 0 Å². The second-order valence-corrected chi connectivity index (χ2v) is 4.67. The Kier molecular flexibility index (Phi) is 6.13. The van der Waals surface area contributed by atoms with Crippen LogP contribution in [0.3, 0.4) is 0 Å². The van der Waals surface area contributed by atoms with E-state index in [1.54, 1.807) is 7.11 Å². The van der Waals surface area contributed by atoms with Crippen LogP contribution in [0.1, 0.15) is 6.42 Å². The van der Waals surface area contributed by atoms with E-state index in [2.05, 4.69) is 19.8 Å². The van der Waals surface area contributed by atoms with Gasteiger partial charge < -0.3 is 19.4 Å². The van der Waals surface area contributed by atoms with E-state index in [-0.39, 0.29) is 0 Å². The molecule has 108 valence electrons. The zero-order valence-electron chi connectivity index (χ0n) is 11.7. The molecule has 1 aliphatic rings. The third-order valence-corrected chi connectivity index (χ3v) is 3.28. The molecule has 0 radical (unpaired) electrons. The van der Waals surface area contributed by atoms with Crippen LogP contribution in [0.15, 0.2) is 12.4 Å². The molecule has 0 atom stereocenters. The van der Waals surface area contributed by atoms with Gasteiger partial charge in [0.1, 0.15) is 0 Å². The number of rotatable bonds is 8. The number of hydrogen-bond acceptors (Lipinski definition) is 5. The van der Waals surface area contributed by atoms with Crippen molar-refractivity contribution < 1.29 is 9.47 Å². The predicted octanol–water partition coefficient (Wildman–Crippen LogP) is 0.664. The number of nitrogens with zero attached hydrogens (tertiary/aromatic N) is 3. The average molecular weight is 268 g/mol. The zero-order valence-corrected chi connectivity index (χ0v) is 11.7. The minimum Gasteiger partial charge on any atom is -0.385 e. The van der Waals surface area contributed by atoms with Crippen LogP contribution in [0.2, 0.25) is 0 Å². The maximum Gasteiger partial charge on any atom is 0.202 e. The normalized spacial score (nSPS) is 16.7. The Morgan fingerprint density at radius 2 is 2.21 bits per heavy atom. The summed E-state index contributed by atoms with van der Waals surface area (Å²) in [4.78, 5) is 6.77. The lowest BCUT2D eigenvalue weighted by Crippen LogP contribution is -2.38. The van der Waals surface area contributed by atoms with Gasteiger partial charge in [0.2, 0.25) is 5.95 Å². The first-order valence-electron chi connectivity index (χ1n) is 6.94. The summed E-state index contributed by atoms with van der Waals surface area (Å²) in [5.74, 6) is 0.948. The van der Waals surface area contributed by atoms with Crippen molar-refractivity contribution in [1.82, 2.24) is 14.5 Å². The number of imidazole rings is 1. The molecule has 19 heavy (non-hydrogen) atoms. The molecule has 1 fully saturated rings. The number of anilines is 1. The van der Waals surface area contributed by atoms with Gasteiger partial charge in [0.25, 0.3) is 0 Å². The van der Waals surface area contributed by atoms with Gasteiger partial charge in [-0.25, -0.2) is 4.98 Å². The predicted molar refractivity (Wildman–Crippen MR) is 74.5 cm³/mol. The molecular weight excluding hydrogens is 244 g/mol. The standard InChI is InChI=1S/C13H24N4O2/c1-18-10-2-3-14-13-15-4-5-17(13)7-6-16-8-11-19-12-9-16/h4-5H,2-3,6-12H2,1H3,(H,14,15). The highest BCUT2D eigenvalue weighted by atomic mass is 16.5. The SMILES string of the molecule is COCCCNc1nccn1CCN1CCOCC1. The Hall–Kier alpha value is -1.11. The molecule has 2 rings (SSSR count). The fourth-order valence-corrected chi connectivity index (χ4v) is 2.15. The van der Waals surface area contributed by atoms with Crippen molar-refractivity contribution in [3.63, 3.8) is 0 Å². The fourth-order valence-electron chi connectivity index (χ4n) is 2.15. The van der Waals surface area contributed by atoms with Crippen LogP contribution in [0, 0.1) is 0 Å². The Morgan fingerprint density at radius 3 is 3.00 bits per heavy atom. The fraction of sp³-hybridized carbons (Fsp3) is 0.769. The molecular formula is C13H24N4O2. The van der Waals surface area contributed by atoms with E-state index < -0.39 is 0 Å². The molecule has 0 bridgehead atoms. The number of aromatic nitrogens is 2. The van der Waals surface area contributed by atoms with Crippen LogP contribution in [-0.4, -0.2) is 67.6 Å². The molecule has 2 heterocycles. The molecule has 0 saturated carbocycles.